The molecule has 2 aromatic rings. The van der Waals surface area contributed by atoms with Crippen molar-refractivity contribution in [2.24, 2.45) is 4.99 Å². The van der Waals surface area contributed by atoms with Crippen molar-refractivity contribution in [2.45, 2.75) is 12.8 Å². The molecule has 0 fully saturated rings. The molecule has 1 aromatic heterocycles. The van der Waals surface area contributed by atoms with E-state index in [0.29, 0.717) is 15.7 Å². The Morgan fingerprint density at radius 2 is 2.14 bits per heavy atom. The highest BCUT2D eigenvalue weighted by Crippen LogP contribution is 2.47. The maximum atomic E-state index is 7.49. The van der Waals surface area contributed by atoms with E-state index < -0.39 is 0 Å². The number of benzene rings is 1. The van der Waals surface area contributed by atoms with E-state index in [2.05, 4.69) is 32.4 Å². The lowest BCUT2D eigenvalue weighted by Crippen LogP contribution is -1.95. The first-order valence-corrected chi connectivity index (χ1v) is 8.96. The van der Waals surface area contributed by atoms with Crippen molar-refractivity contribution < 1.29 is 0 Å². The lowest BCUT2D eigenvalue weighted by Gasteiger charge is -2.08. The summed E-state index contributed by atoms with van der Waals surface area (Å²) in [6.07, 6.45) is 2.04. The number of hydrogen-bond acceptors (Lipinski definition) is 2. The van der Waals surface area contributed by atoms with Crippen molar-refractivity contribution >= 4 is 68.5 Å². The van der Waals surface area contributed by atoms with Crippen molar-refractivity contribution in [3.05, 3.63) is 47.4 Å². The zero-order chi connectivity index (χ0) is 15.0. The molecule has 0 N–H and O–H groups in total. The predicted molar refractivity (Wildman–Crippen MR) is 99.4 cm³/mol. The number of rotatable bonds is 2. The van der Waals surface area contributed by atoms with Gasteiger partial charge >= 0.3 is 0 Å². The summed E-state index contributed by atoms with van der Waals surface area (Å²) in [5.74, 6) is 0. The average Bonchev–Trinajstić information content (AvgIpc) is 3.06. The summed E-state index contributed by atoms with van der Waals surface area (Å²) >= 11 is 16.2. The molecule has 106 valence electrons. The Labute approximate surface area is 150 Å². The number of halogens is 3. The van der Waals surface area contributed by atoms with Crippen LogP contribution in [0.3, 0.4) is 0 Å². The van der Waals surface area contributed by atoms with Gasteiger partial charge in [0.25, 0.3) is 0 Å². The first kappa shape index (κ1) is 15.3. The second-order valence-electron chi connectivity index (χ2n) is 4.60. The smallest absolute Gasteiger partial charge is 0.219 e. The summed E-state index contributed by atoms with van der Waals surface area (Å²) in [4.78, 5) is 9.36. The largest absolute Gasteiger partial charge is 0.288 e. The number of aliphatic imine (C=N–C) groups is 1. The Morgan fingerprint density at radius 1 is 1.33 bits per heavy atom. The molecule has 1 aliphatic heterocycles. The standard InChI is InChI=1S/C15H9Cl2IN2S/c1-19-13-12(9-5-4-8(16)7-10(9)17)14(21-15(13)18)11-3-2-6-20-11/h4-5,7H,2-3,6H2. The molecule has 0 bridgehead atoms. The van der Waals surface area contributed by atoms with Gasteiger partial charge in [-0.15, -0.1) is 11.3 Å². The molecule has 0 spiro atoms. The van der Waals surface area contributed by atoms with Gasteiger partial charge in [0.15, 0.2) is 0 Å². The van der Waals surface area contributed by atoms with Gasteiger partial charge < -0.3 is 0 Å². The van der Waals surface area contributed by atoms with Crippen LogP contribution < -0.4 is 0 Å². The lowest BCUT2D eigenvalue weighted by atomic mass is 10.0. The van der Waals surface area contributed by atoms with Crippen LogP contribution in [0.2, 0.25) is 10.0 Å². The second kappa shape index (κ2) is 6.25. The maximum Gasteiger partial charge on any atom is 0.219 e. The van der Waals surface area contributed by atoms with Gasteiger partial charge in [0.05, 0.1) is 15.2 Å². The van der Waals surface area contributed by atoms with E-state index in [-0.39, 0.29) is 0 Å². The summed E-state index contributed by atoms with van der Waals surface area (Å²) in [6, 6.07) is 5.41. The zero-order valence-electron chi connectivity index (χ0n) is 10.8. The van der Waals surface area contributed by atoms with Gasteiger partial charge in [-0.2, -0.15) is 0 Å². The highest BCUT2D eigenvalue weighted by Gasteiger charge is 2.24. The molecule has 21 heavy (non-hydrogen) atoms. The van der Waals surface area contributed by atoms with Crippen molar-refractivity contribution in [1.29, 1.82) is 0 Å². The normalized spacial score (nSPS) is 14.1. The monoisotopic (exact) mass is 446 g/mol. The van der Waals surface area contributed by atoms with Gasteiger partial charge in [0, 0.05) is 27.0 Å². The molecule has 1 aromatic carbocycles. The van der Waals surface area contributed by atoms with Gasteiger partial charge in [-0.3, -0.25) is 4.99 Å². The fourth-order valence-electron chi connectivity index (χ4n) is 2.36. The van der Waals surface area contributed by atoms with Gasteiger partial charge in [0.1, 0.15) is 0 Å². The Morgan fingerprint density at radius 3 is 2.76 bits per heavy atom. The number of thiophene rings is 1. The predicted octanol–water partition coefficient (Wildman–Crippen LogP) is 6.46. The molecule has 0 saturated carbocycles. The van der Waals surface area contributed by atoms with E-state index in [1.807, 2.05) is 6.07 Å². The molecule has 0 radical (unpaired) electrons. The van der Waals surface area contributed by atoms with Crippen molar-refractivity contribution in [3.63, 3.8) is 0 Å². The Bertz CT molecular complexity index is 790. The average molecular weight is 447 g/mol. The van der Waals surface area contributed by atoms with Gasteiger partial charge in [-0.05, 0) is 53.1 Å². The summed E-state index contributed by atoms with van der Waals surface area (Å²) in [5, 5.41) is 1.17. The minimum absolute atomic E-state index is 0.571. The fraction of sp³-hybridized carbons (Fsp3) is 0.200. The first-order valence-electron chi connectivity index (χ1n) is 6.30. The number of hydrogen-bond donors (Lipinski definition) is 0. The second-order valence-corrected chi connectivity index (χ2v) is 8.27. The summed E-state index contributed by atoms with van der Waals surface area (Å²) < 4.78 is 0.980. The topological polar surface area (TPSA) is 16.7 Å². The molecule has 0 unspecified atom stereocenters. The van der Waals surface area contributed by atoms with Crippen molar-refractivity contribution in [2.75, 3.05) is 6.54 Å². The molecule has 0 amide bonds. The van der Waals surface area contributed by atoms with Crippen LogP contribution in [-0.4, -0.2) is 12.3 Å². The molecule has 1 aliphatic rings. The van der Waals surface area contributed by atoms with Gasteiger partial charge in [-0.1, -0.05) is 29.3 Å². The van der Waals surface area contributed by atoms with Crippen LogP contribution in [0.4, 0.5) is 5.69 Å². The van der Waals surface area contributed by atoms with Crippen LogP contribution in [0, 0.1) is 9.46 Å². The van der Waals surface area contributed by atoms with E-state index in [0.717, 1.165) is 44.0 Å². The molecule has 2 heterocycles. The molecule has 0 saturated heterocycles. The van der Waals surface area contributed by atoms with E-state index >= 15 is 0 Å². The summed E-state index contributed by atoms with van der Waals surface area (Å²) in [6.45, 7) is 8.36. The molecule has 3 rings (SSSR count). The third-order valence-corrected chi connectivity index (χ3v) is 6.03. The summed E-state index contributed by atoms with van der Waals surface area (Å²) in [5.41, 5.74) is 3.51. The fourth-order valence-corrected chi connectivity index (χ4v) is 4.94. The molecule has 2 nitrogen and oxygen atoms in total. The van der Waals surface area contributed by atoms with Crippen LogP contribution in [0.25, 0.3) is 16.0 Å². The highest BCUT2D eigenvalue weighted by atomic mass is 127. The molecular weight excluding hydrogens is 438 g/mol. The van der Waals surface area contributed by atoms with Crippen LogP contribution in [-0.2, 0) is 0 Å². The molecule has 0 aliphatic carbocycles. The third-order valence-electron chi connectivity index (χ3n) is 3.29. The first-order chi connectivity index (χ1) is 10.1. The van der Waals surface area contributed by atoms with Crippen LogP contribution in [0.1, 0.15) is 17.7 Å². The molecular formula is C15H9Cl2IN2S. The van der Waals surface area contributed by atoms with Crippen LogP contribution in [0.5, 0.6) is 0 Å². The van der Waals surface area contributed by atoms with Crippen LogP contribution >= 0.6 is 57.1 Å². The van der Waals surface area contributed by atoms with Gasteiger partial charge in [0.2, 0.25) is 5.69 Å². The van der Waals surface area contributed by atoms with E-state index in [9.17, 15) is 0 Å². The van der Waals surface area contributed by atoms with Crippen molar-refractivity contribution in [3.8, 4) is 11.1 Å². The Kier molecular flexibility index (Phi) is 4.55. The summed E-state index contributed by atoms with van der Waals surface area (Å²) in [7, 11) is 0. The van der Waals surface area contributed by atoms with E-state index in [1.54, 1.807) is 23.5 Å². The minimum atomic E-state index is 0.571. The van der Waals surface area contributed by atoms with Crippen molar-refractivity contribution in [1.82, 2.24) is 0 Å². The third kappa shape index (κ3) is 2.85. The zero-order valence-corrected chi connectivity index (χ0v) is 15.3. The molecule has 6 heteroatoms. The number of nitrogens with zero attached hydrogens (tertiary/aromatic N) is 2. The maximum absolute atomic E-state index is 7.49. The van der Waals surface area contributed by atoms with Crippen LogP contribution in [0.15, 0.2) is 23.2 Å². The quantitative estimate of drug-likeness (QED) is 0.372. The highest BCUT2D eigenvalue weighted by molar-refractivity contribution is 14.1. The molecule has 0 atom stereocenters. The lowest BCUT2D eigenvalue weighted by molar-refractivity contribution is 0.951. The Hall–Kier alpha value is -0.610. The van der Waals surface area contributed by atoms with Gasteiger partial charge in [-0.25, -0.2) is 4.85 Å². The Balaban J connectivity index is 2.27. The van der Waals surface area contributed by atoms with E-state index in [4.69, 9.17) is 29.8 Å². The van der Waals surface area contributed by atoms with E-state index in [1.165, 1.54) is 0 Å². The SMILES string of the molecule is [C-]#[N+]c1c(I)sc(C2=NCCC2)c1-c1ccc(Cl)cc1Cl. The minimum Gasteiger partial charge on any atom is -0.288 e.